The molecule has 7 heteroatoms. The van der Waals surface area contributed by atoms with Crippen LogP contribution in [0.15, 0.2) is 18.2 Å². The first-order chi connectivity index (χ1) is 9.52. The van der Waals surface area contributed by atoms with E-state index in [9.17, 15) is 19.7 Å². The van der Waals surface area contributed by atoms with Crippen LogP contribution in [-0.2, 0) is 20.7 Å². The average Bonchev–Trinajstić information content (AvgIpc) is 2.71. The SMILES string of the molecule is CCOC(=O)CCN1C(=O)Cc2cc([N+](=O)[O-])ccc21. The van der Waals surface area contributed by atoms with Crippen LogP contribution in [0.2, 0.25) is 0 Å². The number of non-ortho nitro benzene ring substituents is 1. The van der Waals surface area contributed by atoms with Gasteiger partial charge in [0.1, 0.15) is 0 Å². The molecule has 1 aliphatic heterocycles. The summed E-state index contributed by atoms with van der Waals surface area (Å²) in [5, 5.41) is 10.7. The number of esters is 1. The molecule has 1 amide bonds. The quantitative estimate of drug-likeness (QED) is 0.462. The van der Waals surface area contributed by atoms with Crippen LogP contribution in [0.25, 0.3) is 0 Å². The molecular formula is C13H14N2O5. The minimum absolute atomic E-state index is 0.0382. The summed E-state index contributed by atoms with van der Waals surface area (Å²) in [5.74, 6) is -0.527. The number of hydrogen-bond donors (Lipinski definition) is 0. The predicted octanol–water partition coefficient (Wildman–Crippen LogP) is 1.44. The largest absolute Gasteiger partial charge is 0.466 e. The van der Waals surface area contributed by atoms with E-state index in [1.54, 1.807) is 13.0 Å². The molecule has 0 saturated carbocycles. The summed E-state index contributed by atoms with van der Waals surface area (Å²) in [4.78, 5) is 34.9. The first kappa shape index (κ1) is 14.0. The topological polar surface area (TPSA) is 89.8 Å². The number of fused-ring (bicyclic) bond motifs is 1. The molecule has 0 N–H and O–H groups in total. The van der Waals surface area contributed by atoms with Gasteiger partial charge in [-0.3, -0.25) is 19.7 Å². The molecule has 0 spiro atoms. The zero-order chi connectivity index (χ0) is 14.7. The zero-order valence-electron chi connectivity index (χ0n) is 11.0. The lowest BCUT2D eigenvalue weighted by atomic mass is 10.1. The number of carbonyl (C=O) groups is 2. The molecule has 1 aromatic carbocycles. The van der Waals surface area contributed by atoms with Crippen molar-refractivity contribution < 1.29 is 19.2 Å². The fourth-order valence-electron chi connectivity index (χ4n) is 2.16. The number of rotatable bonds is 5. The summed E-state index contributed by atoms with van der Waals surface area (Å²) in [5.41, 5.74) is 1.21. The fourth-order valence-corrected chi connectivity index (χ4v) is 2.16. The first-order valence-corrected chi connectivity index (χ1v) is 6.26. The Morgan fingerprint density at radius 1 is 1.50 bits per heavy atom. The lowest BCUT2D eigenvalue weighted by Crippen LogP contribution is -2.29. The summed E-state index contributed by atoms with van der Waals surface area (Å²) in [7, 11) is 0. The summed E-state index contributed by atoms with van der Waals surface area (Å²) in [6, 6.07) is 4.30. The van der Waals surface area contributed by atoms with Crippen LogP contribution >= 0.6 is 0 Å². The van der Waals surface area contributed by atoms with Crippen molar-refractivity contribution in [1.82, 2.24) is 0 Å². The third-order valence-corrected chi connectivity index (χ3v) is 3.05. The van der Waals surface area contributed by atoms with Crippen LogP contribution in [0.4, 0.5) is 11.4 Å². The second-order valence-corrected chi connectivity index (χ2v) is 4.35. The van der Waals surface area contributed by atoms with Crippen LogP contribution in [0.1, 0.15) is 18.9 Å². The highest BCUT2D eigenvalue weighted by molar-refractivity contribution is 6.02. The van der Waals surface area contributed by atoms with Crippen LogP contribution in [-0.4, -0.2) is 30.0 Å². The van der Waals surface area contributed by atoms with Crippen LogP contribution in [0.5, 0.6) is 0 Å². The molecule has 0 unspecified atom stereocenters. The summed E-state index contributed by atoms with van der Waals surface area (Å²) < 4.78 is 4.81. The van der Waals surface area contributed by atoms with E-state index in [2.05, 4.69) is 0 Å². The van der Waals surface area contributed by atoms with Crippen molar-refractivity contribution >= 4 is 23.3 Å². The van der Waals surface area contributed by atoms with Gasteiger partial charge in [0.25, 0.3) is 5.69 Å². The van der Waals surface area contributed by atoms with Crippen LogP contribution in [0.3, 0.4) is 0 Å². The molecule has 7 nitrogen and oxygen atoms in total. The predicted molar refractivity (Wildman–Crippen MR) is 70.4 cm³/mol. The second kappa shape index (κ2) is 5.68. The third kappa shape index (κ3) is 2.76. The Morgan fingerprint density at radius 2 is 2.25 bits per heavy atom. The molecule has 1 heterocycles. The third-order valence-electron chi connectivity index (χ3n) is 3.05. The molecular weight excluding hydrogens is 264 g/mol. The van der Waals surface area contributed by atoms with E-state index in [4.69, 9.17) is 4.74 Å². The smallest absolute Gasteiger partial charge is 0.307 e. The van der Waals surface area contributed by atoms with E-state index in [0.717, 1.165) is 0 Å². The van der Waals surface area contributed by atoms with Gasteiger partial charge in [0.05, 0.1) is 24.4 Å². The van der Waals surface area contributed by atoms with Crippen molar-refractivity contribution in [3.8, 4) is 0 Å². The van der Waals surface area contributed by atoms with E-state index in [0.29, 0.717) is 17.9 Å². The molecule has 0 atom stereocenters. The lowest BCUT2D eigenvalue weighted by molar-refractivity contribution is -0.384. The number of nitrogens with zero attached hydrogens (tertiary/aromatic N) is 2. The van der Waals surface area contributed by atoms with Crippen molar-refractivity contribution in [3.05, 3.63) is 33.9 Å². The molecule has 0 saturated heterocycles. The summed E-state index contributed by atoms with van der Waals surface area (Å²) >= 11 is 0. The van der Waals surface area contributed by atoms with Gasteiger partial charge in [-0.15, -0.1) is 0 Å². The monoisotopic (exact) mass is 278 g/mol. The van der Waals surface area contributed by atoms with Gasteiger partial charge in [0.15, 0.2) is 0 Å². The number of nitro groups is 1. The normalized spacial score (nSPS) is 13.2. The summed E-state index contributed by atoms with van der Waals surface area (Å²) in [6.07, 6.45) is 0.232. The molecule has 106 valence electrons. The molecule has 2 rings (SSSR count). The number of amides is 1. The average molecular weight is 278 g/mol. The van der Waals surface area contributed by atoms with Gasteiger partial charge < -0.3 is 9.64 Å². The van der Waals surface area contributed by atoms with Gasteiger partial charge in [-0.1, -0.05) is 0 Å². The minimum atomic E-state index is -0.494. The second-order valence-electron chi connectivity index (χ2n) is 4.35. The van der Waals surface area contributed by atoms with E-state index < -0.39 is 4.92 Å². The zero-order valence-corrected chi connectivity index (χ0v) is 11.0. The van der Waals surface area contributed by atoms with Gasteiger partial charge in [0, 0.05) is 24.4 Å². The molecule has 0 radical (unpaired) electrons. The lowest BCUT2D eigenvalue weighted by Gasteiger charge is -2.16. The minimum Gasteiger partial charge on any atom is -0.466 e. The first-order valence-electron chi connectivity index (χ1n) is 6.26. The van der Waals surface area contributed by atoms with Gasteiger partial charge in [-0.2, -0.15) is 0 Å². The molecule has 0 aliphatic carbocycles. The van der Waals surface area contributed by atoms with Gasteiger partial charge in [-0.05, 0) is 18.6 Å². The molecule has 0 aromatic heterocycles. The highest BCUT2D eigenvalue weighted by atomic mass is 16.6. The standard InChI is InChI=1S/C13H14N2O5/c1-2-20-13(17)5-6-14-11-4-3-10(15(18)19)7-9(11)8-12(14)16/h3-4,7H,2,5-6,8H2,1H3. The maximum Gasteiger partial charge on any atom is 0.307 e. The highest BCUT2D eigenvalue weighted by Gasteiger charge is 2.29. The molecule has 1 aliphatic rings. The van der Waals surface area contributed by atoms with Crippen molar-refractivity contribution in [2.75, 3.05) is 18.1 Å². The van der Waals surface area contributed by atoms with E-state index >= 15 is 0 Å². The number of benzene rings is 1. The van der Waals surface area contributed by atoms with E-state index in [1.807, 2.05) is 0 Å². The van der Waals surface area contributed by atoms with Crippen molar-refractivity contribution in [3.63, 3.8) is 0 Å². The Kier molecular flexibility index (Phi) is 3.97. The number of anilines is 1. The van der Waals surface area contributed by atoms with Crippen LogP contribution < -0.4 is 4.90 Å². The van der Waals surface area contributed by atoms with E-state index in [1.165, 1.54) is 17.0 Å². The molecule has 1 aromatic rings. The Balaban J connectivity index is 2.12. The Labute approximate surface area is 115 Å². The number of ether oxygens (including phenoxy) is 1. The van der Waals surface area contributed by atoms with Gasteiger partial charge >= 0.3 is 5.97 Å². The molecule has 20 heavy (non-hydrogen) atoms. The summed E-state index contributed by atoms with van der Waals surface area (Å²) in [6.45, 7) is 2.24. The number of nitro benzene ring substituents is 1. The van der Waals surface area contributed by atoms with Gasteiger partial charge in [-0.25, -0.2) is 0 Å². The number of hydrogen-bond acceptors (Lipinski definition) is 5. The number of carbonyl (C=O) groups excluding carboxylic acids is 2. The maximum absolute atomic E-state index is 11.9. The molecule has 0 bridgehead atoms. The Bertz CT molecular complexity index is 570. The fraction of sp³-hybridized carbons (Fsp3) is 0.385. The Hall–Kier alpha value is -2.44. The van der Waals surface area contributed by atoms with E-state index in [-0.39, 0.29) is 37.0 Å². The maximum atomic E-state index is 11.9. The van der Waals surface area contributed by atoms with Crippen molar-refractivity contribution in [2.45, 2.75) is 19.8 Å². The van der Waals surface area contributed by atoms with Gasteiger partial charge in [0.2, 0.25) is 5.91 Å². The van der Waals surface area contributed by atoms with Crippen LogP contribution in [0, 0.1) is 10.1 Å². The Morgan fingerprint density at radius 3 is 2.90 bits per heavy atom. The van der Waals surface area contributed by atoms with Crippen molar-refractivity contribution in [1.29, 1.82) is 0 Å². The highest BCUT2D eigenvalue weighted by Crippen LogP contribution is 2.31. The van der Waals surface area contributed by atoms with Crippen molar-refractivity contribution in [2.24, 2.45) is 0 Å². The molecule has 0 fully saturated rings.